The molecule has 2 atom stereocenters. The molecule has 0 aromatic heterocycles. The number of hydrogen-bond acceptors (Lipinski definition) is 6. The molecule has 2 aromatic rings. The fraction of sp³-hybridized carbons (Fsp3) is 0.385. The Morgan fingerprint density at radius 2 is 1.79 bits per heavy atom. The van der Waals surface area contributed by atoms with Crippen LogP contribution in [-0.2, 0) is 21.2 Å². The third-order valence-corrected chi connectivity index (χ3v) is 8.21. The maximum Gasteiger partial charge on any atom is 0.284 e. The molecule has 0 radical (unpaired) electrons. The number of piperazine rings is 1. The Hall–Kier alpha value is -3.33. The van der Waals surface area contributed by atoms with E-state index in [-0.39, 0.29) is 16.8 Å². The lowest BCUT2D eigenvalue weighted by Gasteiger charge is -2.41. The highest BCUT2D eigenvalue weighted by molar-refractivity contribution is 7.90. The molecule has 2 aromatic carbocycles. The first-order valence-corrected chi connectivity index (χ1v) is 14.1. The molecule has 4 rings (SSSR count). The maximum atomic E-state index is 13.4. The molecule has 12 heteroatoms. The summed E-state index contributed by atoms with van der Waals surface area (Å²) in [5.74, 6) is 3.52. The van der Waals surface area contributed by atoms with Crippen LogP contribution in [0.4, 0.5) is 15.8 Å². The number of nitrogens with two attached hydrogens (primary N) is 2. The molecule has 202 valence electrons. The van der Waals surface area contributed by atoms with Gasteiger partial charge in [-0.25, -0.2) is 4.39 Å². The number of amides is 1. The van der Waals surface area contributed by atoms with Crippen LogP contribution in [0, 0.1) is 11.8 Å². The molecule has 1 amide bonds. The van der Waals surface area contributed by atoms with E-state index in [1.54, 1.807) is 12.1 Å². The van der Waals surface area contributed by atoms with Crippen molar-refractivity contribution in [3.63, 3.8) is 0 Å². The lowest BCUT2D eigenvalue weighted by Crippen LogP contribution is -2.55. The van der Waals surface area contributed by atoms with Gasteiger partial charge in [-0.1, -0.05) is 11.6 Å². The minimum absolute atomic E-state index is 0.0683. The van der Waals surface area contributed by atoms with Gasteiger partial charge >= 0.3 is 0 Å². The summed E-state index contributed by atoms with van der Waals surface area (Å²) in [5.41, 5.74) is 13.4. The van der Waals surface area contributed by atoms with Crippen LogP contribution in [0.25, 0.3) is 0 Å². The van der Waals surface area contributed by atoms with Crippen molar-refractivity contribution in [3.8, 4) is 11.8 Å². The van der Waals surface area contributed by atoms with Gasteiger partial charge in [-0.15, -0.1) is 4.40 Å². The van der Waals surface area contributed by atoms with Gasteiger partial charge in [0.2, 0.25) is 12.2 Å². The summed E-state index contributed by atoms with van der Waals surface area (Å²) in [6.07, 6.45) is -0.0132. The van der Waals surface area contributed by atoms with E-state index in [1.165, 1.54) is 17.7 Å². The molecule has 2 aliphatic rings. The zero-order valence-electron chi connectivity index (χ0n) is 21.0. The number of rotatable bonds is 5. The molecule has 2 aliphatic heterocycles. The van der Waals surface area contributed by atoms with Crippen molar-refractivity contribution in [3.05, 3.63) is 53.1 Å². The number of alkyl halides is 1. The minimum atomic E-state index is -4.11. The van der Waals surface area contributed by atoms with Gasteiger partial charge in [-0.2, -0.15) is 8.42 Å². The standard InChI is InChI=1S/C26H30ClFN6O3S/c1-18(34-12-2-3-19-17-20(27)4-9-23(19)34)26(35)33-15-13-32(14-16-33)21-5-7-22(8-6-21)38(36,37)31-25(30)11-10-24(28)29/h4-9,17-18,24H,2-3,12-16,29H2,1H3,(H2,30,31)/t18-,24?/m1/s1. The molecule has 0 spiro atoms. The summed E-state index contributed by atoms with van der Waals surface area (Å²) in [4.78, 5) is 19.4. The van der Waals surface area contributed by atoms with Gasteiger partial charge in [0.15, 0.2) is 5.84 Å². The van der Waals surface area contributed by atoms with Crippen LogP contribution in [0.1, 0.15) is 18.9 Å². The van der Waals surface area contributed by atoms with Crippen LogP contribution in [0.3, 0.4) is 0 Å². The molecule has 0 bridgehead atoms. The highest BCUT2D eigenvalue weighted by Gasteiger charge is 2.31. The fourth-order valence-electron chi connectivity index (χ4n) is 4.76. The third-order valence-electron chi connectivity index (χ3n) is 6.67. The average molecular weight is 561 g/mol. The summed E-state index contributed by atoms with van der Waals surface area (Å²) in [6, 6.07) is 11.8. The van der Waals surface area contributed by atoms with Gasteiger partial charge in [0, 0.05) is 49.1 Å². The Kier molecular flexibility index (Phi) is 8.45. The summed E-state index contributed by atoms with van der Waals surface area (Å²) >= 11 is 6.17. The van der Waals surface area contributed by atoms with E-state index in [0.29, 0.717) is 31.2 Å². The van der Waals surface area contributed by atoms with Crippen LogP contribution in [0.2, 0.25) is 5.02 Å². The number of aryl methyl sites for hydroxylation is 1. The van der Waals surface area contributed by atoms with Gasteiger partial charge in [0.05, 0.1) is 4.90 Å². The number of halogens is 2. The second kappa shape index (κ2) is 11.6. The van der Waals surface area contributed by atoms with E-state index in [4.69, 9.17) is 23.1 Å². The zero-order chi connectivity index (χ0) is 27.4. The zero-order valence-corrected chi connectivity index (χ0v) is 22.6. The monoisotopic (exact) mass is 560 g/mol. The van der Waals surface area contributed by atoms with Crippen molar-refractivity contribution in [1.82, 2.24) is 4.90 Å². The van der Waals surface area contributed by atoms with Crippen LogP contribution in [0.15, 0.2) is 51.8 Å². The number of hydrogen-bond donors (Lipinski definition) is 2. The van der Waals surface area contributed by atoms with Crippen molar-refractivity contribution in [2.45, 2.75) is 37.0 Å². The van der Waals surface area contributed by atoms with Crippen LogP contribution < -0.4 is 21.3 Å². The number of carbonyl (C=O) groups is 1. The van der Waals surface area contributed by atoms with E-state index in [0.717, 1.165) is 30.8 Å². The SMILES string of the molecule is C[C@H](C(=O)N1CCN(c2ccc(S(=O)(=O)N=C(N)C#CC(N)F)cc2)CC1)N1CCCc2cc(Cl)ccc21. The molecule has 38 heavy (non-hydrogen) atoms. The van der Waals surface area contributed by atoms with Crippen molar-refractivity contribution in [2.24, 2.45) is 15.9 Å². The number of sulfonamides is 1. The number of amidine groups is 1. The number of carbonyl (C=O) groups excluding carboxylic acids is 1. The van der Waals surface area contributed by atoms with Crippen molar-refractivity contribution >= 4 is 44.7 Å². The maximum absolute atomic E-state index is 13.4. The Labute approximate surface area is 227 Å². The molecule has 1 unspecified atom stereocenters. The van der Waals surface area contributed by atoms with Crippen LogP contribution in [-0.4, -0.2) is 70.1 Å². The van der Waals surface area contributed by atoms with Gasteiger partial charge in [-0.05, 0) is 79.6 Å². The molecule has 0 saturated carbocycles. The molecule has 1 saturated heterocycles. The average Bonchev–Trinajstić information content (AvgIpc) is 2.90. The Bertz CT molecular complexity index is 1380. The summed E-state index contributed by atoms with van der Waals surface area (Å²) < 4.78 is 40.9. The Balaban J connectivity index is 1.37. The van der Waals surface area contributed by atoms with Crippen molar-refractivity contribution < 1.29 is 17.6 Å². The fourth-order valence-corrected chi connectivity index (χ4v) is 5.84. The normalized spacial score (nSPS) is 17.8. The molecule has 9 nitrogen and oxygen atoms in total. The van der Waals surface area contributed by atoms with Gasteiger partial charge in [0.25, 0.3) is 10.0 Å². The lowest BCUT2D eigenvalue weighted by atomic mass is 10.00. The van der Waals surface area contributed by atoms with E-state index in [1.807, 2.05) is 35.9 Å². The molecular formula is C26H30ClFN6O3S. The second-order valence-corrected chi connectivity index (χ2v) is 11.2. The lowest BCUT2D eigenvalue weighted by molar-refractivity contribution is -0.132. The quantitative estimate of drug-likeness (QED) is 0.248. The van der Waals surface area contributed by atoms with E-state index >= 15 is 0 Å². The van der Waals surface area contributed by atoms with E-state index in [9.17, 15) is 17.6 Å². The summed E-state index contributed by atoms with van der Waals surface area (Å²) in [7, 11) is -4.11. The Morgan fingerprint density at radius 3 is 2.45 bits per heavy atom. The van der Waals surface area contributed by atoms with Gasteiger partial charge in [0.1, 0.15) is 6.04 Å². The van der Waals surface area contributed by atoms with Crippen molar-refractivity contribution in [1.29, 1.82) is 0 Å². The van der Waals surface area contributed by atoms with Crippen molar-refractivity contribution in [2.75, 3.05) is 42.5 Å². The predicted molar refractivity (Wildman–Crippen MR) is 147 cm³/mol. The largest absolute Gasteiger partial charge is 0.376 e. The Morgan fingerprint density at radius 1 is 1.11 bits per heavy atom. The topological polar surface area (TPSA) is 125 Å². The predicted octanol–water partition coefficient (Wildman–Crippen LogP) is 2.13. The van der Waals surface area contributed by atoms with Gasteiger partial charge in [-0.3, -0.25) is 10.5 Å². The van der Waals surface area contributed by atoms with Crippen LogP contribution >= 0.6 is 11.6 Å². The molecule has 4 N–H and O–H groups in total. The first-order chi connectivity index (χ1) is 18.0. The molecular weight excluding hydrogens is 531 g/mol. The molecule has 0 aliphatic carbocycles. The van der Waals surface area contributed by atoms with Crippen LogP contribution in [0.5, 0.6) is 0 Å². The second-order valence-electron chi connectivity index (χ2n) is 9.17. The van der Waals surface area contributed by atoms with E-state index < -0.39 is 22.2 Å². The summed E-state index contributed by atoms with van der Waals surface area (Å²) in [5, 5.41) is 0.705. The molecule has 1 fully saturated rings. The first-order valence-electron chi connectivity index (χ1n) is 12.3. The number of nitrogens with zero attached hydrogens (tertiary/aromatic N) is 4. The number of anilines is 2. The van der Waals surface area contributed by atoms with E-state index in [2.05, 4.69) is 20.1 Å². The number of benzene rings is 2. The smallest absolute Gasteiger partial charge is 0.284 e. The highest BCUT2D eigenvalue weighted by Crippen LogP contribution is 2.31. The minimum Gasteiger partial charge on any atom is -0.376 e. The summed E-state index contributed by atoms with van der Waals surface area (Å²) in [6.45, 7) is 5.11. The third kappa shape index (κ3) is 6.38. The molecule has 2 heterocycles. The highest BCUT2D eigenvalue weighted by atomic mass is 35.5. The van der Waals surface area contributed by atoms with Gasteiger partial charge < -0.3 is 20.4 Å². The first kappa shape index (κ1) is 27.7. The number of fused-ring (bicyclic) bond motifs is 1.